The molecule has 1 heterocycles. The number of anilines is 1. The maximum atomic E-state index is 2.63. The van der Waals surface area contributed by atoms with E-state index in [1.165, 1.54) is 141 Å². The van der Waals surface area contributed by atoms with Gasteiger partial charge in [0.15, 0.2) is 0 Å². The summed E-state index contributed by atoms with van der Waals surface area (Å²) < 4.78 is 0. The molecule has 1 aliphatic heterocycles. The molecule has 1 aromatic rings. The Balaban J connectivity index is 1.65. The molecule has 1 aromatic carbocycles. The van der Waals surface area contributed by atoms with Gasteiger partial charge in [-0.3, -0.25) is 0 Å². The van der Waals surface area contributed by atoms with Gasteiger partial charge in [0.25, 0.3) is 0 Å². The molecule has 0 amide bonds. The number of rotatable bonds is 22. The second kappa shape index (κ2) is 19.8. The monoisotopic (exact) mass is 468 g/mol. The predicted molar refractivity (Wildman–Crippen MR) is 152 cm³/mol. The molecule has 194 valence electrons. The van der Waals surface area contributed by atoms with Crippen molar-refractivity contribution in [3.8, 4) is 0 Å². The van der Waals surface area contributed by atoms with Gasteiger partial charge in [-0.05, 0) is 31.4 Å². The average molecular weight is 469 g/mol. The van der Waals surface area contributed by atoms with Gasteiger partial charge in [0.05, 0.1) is 0 Å². The highest BCUT2D eigenvalue weighted by molar-refractivity contribution is 5.51. The standard InChI is InChI=1S/C32H56N2/c1-3-5-7-9-11-13-14-15-16-18-23-27-32-33(28-24-19-17-12-10-8-6-4-2)29-30-34(32)31-25-21-20-22-26-31/h20-22,25-26,29-30,32H,3-19,23-24,27-28H2,1-2H3. The summed E-state index contributed by atoms with van der Waals surface area (Å²) in [5.41, 5.74) is 1.34. The van der Waals surface area contributed by atoms with Crippen LogP contribution in [-0.2, 0) is 0 Å². The molecule has 2 rings (SSSR count). The fourth-order valence-corrected chi connectivity index (χ4v) is 5.32. The van der Waals surface area contributed by atoms with Gasteiger partial charge < -0.3 is 9.80 Å². The summed E-state index contributed by atoms with van der Waals surface area (Å²) >= 11 is 0. The van der Waals surface area contributed by atoms with Crippen molar-refractivity contribution in [3.63, 3.8) is 0 Å². The highest BCUT2D eigenvalue weighted by Crippen LogP contribution is 2.28. The molecule has 0 saturated heterocycles. The van der Waals surface area contributed by atoms with E-state index in [0.717, 1.165) is 0 Å². The van der Waals surface area contributed by atoms with E-state index >= 15 is 0 Å². The number of nitrogens with zero attached hydrogens (tertiary/aromatic N) is 2. The summed E-state index contributed by atoms with van der Waals surface area (Å²) in [5, 5.41) is 0. The van der Waals surface area contributed by atoms with Crippen molar-refractivity contribution in [3.05, 3.63) is 42.7 Å². The zero-order chi connectivity index (χ0) is 24.1. The van der Waals surface area contributed by atoms with Gasteiger partial charge in [-0.15, -0.1) is 0 Å². The molecule has 0 bridgehead atoms. The molecular weight excluding hydrogens is 412 g/mol. The normalized spacial score (nSPS) is 15.5. The third-order valence-electron chi connectivity index (χ3n) is 7.51. The van der Waals surface area contributed by atoms with Crippen molar-refractivity contribution in [2.75, 3.05) is 11.4 Å². The van der Waals surface area contributed by atoms with Crippen LogP contribution in [0.1, 0.15) is 142 Å². The molecule has 0 radical (unpaired) electrons. The van der Waals surface area contributed by atoms with Crippen LogP contribution in [0.2, 0.25) is 0 Å². The quantitative estimate of drug-likeness (QED) is 0.156. The third kappa shape index (κ3) is 12.3. The van der Waals surface area contributed by atoms with E-state index < -0.39 is 0 Å². The van der Waals surface area contributed by atoms with Crippen LogP contribution in [0.4, 0.5) is 5.69 Å². The summed E-state index contributed by atoms with van der Waals surface area (Å²) in [4.78, 5) is 5.14. The number of unbranched alkanes of at least 4 members (excludes halogenated alkanes) is 17. The molecule has 0 aliphatic carbocycles. The summed E-state index contributed by atoms with van der Waals surface area (Å²) in [6, 6.07) is 11.0. The van der Waals surface area contributed by atoms with Crippen molar-refractivity contribution in [2.45, 2.75) is 148 Å². The zero-order valence-corrected chi connectivity index (χ0v) is 22.9. The van der Waals surface area contributed by atoms with Crippen LogP contribution in [-0.4, -0.2) is 17.6 Å². The lowest BCUT2D eigenvalue weighted by molar-refractivity contribution is 0.273. The largest absolute Gasteiger partial charge is 0.356 e. The van der Waals surface area contributed by atoms with E-state index in [0.29, 0.717) is 6.17 Å². The Kier molecular flexibility index (Phi) is 16.8. The van der Waals surface area contributed by atoms with E-state index in [4.69, 9.17) is 0 Å². The minimum Gasteiger partial charge on any atom is -0.356 e. The minimum absolute atomic E-state index is 0.505. The van der Waals surface area contributed by atoms with Crippen molar-refractivity contribution in [1.29, 1.82) is 0 Å². The number of hydrogen-bond donors (Lipinski definition) is 0. The van der Waals surface area contributed by atoms with Crippen LogP contribution in [0.3, 0.4) is 0 Å². The molecule has 0 fully saturated rings. The highest BCUT2D eigenvalue weighted by Gasteiger charge is 2.26. The van der Waals surface area contributed by atoms with Gasteiger partial charge >= 0.3 is 0 Å². The van der Waals surface area contributed by atoms with E-state index in [2.05, 4.69) is 66.4 Å². The molecule has 1 aliphatic rings. The van der Waals surface area contributed by atoms with Gasteiger partial charge in [-0.2, -0.15) is 0 Å². The maximum absolute atomic E-state index is 2.63. The van der Waals surface area contributed by atoms with Crippen molar-refractivity contribution in [2.24, 2.45) is 0 Å². The van der Waals surface area contributed by atoms with Crippen LogP contribution < -0.4 is 4.90 Å². The first kappa shape index (κ1) is 28.8. The van der Waals surface area contributed by atoms with Gasteiger partial charge in [0.1, 0.15) is 6.17 Å². The fraction of sp³-hybridized carbons (Fsp3) is 0.750. The molecule has 0 spiro atoms. The van der Waals surface area contributed by atoms with E-state index in [9.17, 15) is 0 Å². The maximum Gasteiger partial charge on any atom is 0.105 e. The fourth-order valence-electron chi connectivity index (χ4n) is 5.32. The molecular formula is C32H56N2. The number of hydrogen-bond acceptors (Lipinski definition) is 2. The van der Waals surface area contributed by atoms with Gasteiger partial charge in [-0.25, -0.2) is 0 Å². The van der Waals surface area contributed by atoms with Crippen LogP contribution in [0.15, 0.2) is 42.7 Å². The lowest BCUT2D eigenvalue weighted by atomic mass is 10.0. The summed E-state index contributed by atoms with van der Waals surface area (Å²) in [6.45, 7) is 5.81. The topological polar surface area (TPSA) is 6.48 Å². The van der Waals surface area contributed by atoms with E-state index in [1.54, 1.807) is 0 Å². The van der Waals surface area contributed by atoms with Crippen molar-refractivity contribution >= 4 is 5.69 Å². The molecule has 2 nitrogen and oxygen atoms in total. The van der Waals surface area contributed by atoms with E-state index in [-0.39, 0.29) is 0 Å². The third-order valence-corrected chi connectivity index (χ3v) is 7.51. The summed E-state index contributed by atoms with van der Waals surface area (Å²) in [5.74, 6) is 0. The highest BCUT2D eigenvalue weighted by atomic mass is 15.4. The summed E-state index contributed by atoms with van der Waals surface area (Å²) in [6.07, 6.45) is 33.2. The van der Waals surface area contributed by atoms with Crippen LogP contribution in [0, 0.1) is 0 Å². The van der Waals surface area contributed by atoms with E-state index in [1.807, 2.05) is 0 Å². The Morgan fingerprint density at radius 3 is 1.53 bits per heavy atom. The zero-order valence-electron chi connectivity index (χ0n) is 22.9. The first-order valence-corrected chi connectivity index (χ1v) is 15.1. The Labute approximate surface area is 213 Å². The Morgan fingerprint density at radius 1 is 0.529 bits per heavy atom. The smallest absolute Gasteiger partial charge is 0.105 e. The van der Waals surface area contributed by atoms with Gasteiger partial charge in [0.2, 0.25) is 0 Å². The van der Waals surface area contributed by atoms with Crippen LogP contribution in [0.5, 0.6) is 0 Å². The first-order valence-electron chi connectivity index (χ1n) is 15.1. The molecule has 1 atom stereocenters. The van der Waals surface area contributed by atoms with Crippen LogP contribution in [0.25, 0.3) is 0 Å². The number of benzene rings is 1. The van der Waals surface area contributed by atoms with Crippen LogP contribution >= 0.6 is 0 Å². The van der Waals surface area contributed by atoms with Crippen molar-refractivity contribution < 1.29 is 0 Å². The van der Waals surface area contributed by atoms with Crippen molar-refractivity contribution in [1.82, 2.24) is 4.90 Å². The second-order valence-corrected chi connectivity index (χ2v) is 10.6. The van der Waals surface area contributed by atoms with Gasteiger partial charge in [-0.1, -0.05) is 141 Å². The first-order chi connectivity index (χ1) is 16.9. The minimum atomic E-state index is 0.505. The summed E-state index contributed by atoms with van der Waals surface area (Å²) in [7, 11) is 0. The molecule has 2 heteroatoms. The Bertz CT molecular complexity index is 596. The lowest BCUT2D eigenvalue weighted by Gasteiger charge is -2.33. The Hall–Kier alpha value is -1.44. The molecule has 0 N–H and O–H groups in total. The molecule has 1 unspecified atom stereocenters. The van der Waals surface area contributed by atoms with Gasteiger partial charge in [0, 0.05) is 24.6 Å². The second-order valence-electron chi connectivity index (χ2n) is 10.6. The molecule has 0 aromatic heterocycles. The Morgan fingerprint density at radius 2 is 1.00 bits per heavy atom. The number of para-hydroxylation sites is 1. The lowest BCUT2D eigenvalue weighted by Crippen LogP contribution is -2.39. The predicted octanol–water partition coefficient (Wildman–Crippen LogP) is 10.4. The average Bonchev–Trinajstić information content (AvgIpc) is 3.27. The molecule has 0 saturated carbocycles. The molecule has 34 heavy (non-hydrogen) atoms. The SMILES string of the molecule is CCCCCCCCCCCCCC1N(CCCCCCCCCC)C=CN1c1ccccc1.